The highest BCUT2D eigenvalue weighted by atomic mass is 32.1. The van der Waals surface area contributed by atoms with Gasteiger partial charge in [-0.2, -0.15) is 4.98 Å². The third kappa shape index (κ3) is 4.38. The molecule has 0 radical (unpaired) electrons. The summed E-state index contributed by atoms with van der Waals surface area (Å²) in [4.78, 5) is 21.6. The number of rotatable bonds is 6. The van der Waals surface area contributed by atoms with Crippen molar-refractivity contribution < 1.29 is 13.7 Å². The number of thiazole rings is 1. The average molecular weight is 408 g/mol. The minimum absolute atomic E-state index is 0.104. The lowest BCUT2D eigenvalue weighted by molar-refractivity contribution is 0.0949. The molecule has 2 aromatic heterocycles. The van der Waals surface area contributed by atoms with Gasteiger partial charge in [-0.1, -0.05) is 47.6 Å². The van der Waals surface area contributed by atoms with Gasteiger partial charge in [-0.05, 0) is 24.6 Å². The van der Waals surface area contributed by atoms with Gasteiger partial charge in [0, 0.05) is 12.0 Å². The van der Waals surface area contributed by atoms with Crippen LogP contribution in [0.4, 0.5) is 4.39 Å². The first-order valence-electron chi connectivity index (χ1n) is 8.96. The van der Waals surface area contributed by atoms with Crippen molar-refractivity contribution in [1.82, 2.24) is 20.4 Å². The Morgan fingerprint density at radius 3 is 2.66 bits per heavy atom. The number of hydrogen-bond acceptors (Lipinski definition) is 6. The van der Waals surface area contributed by atoms with Crippen LogP contribution in [0.5, 0.6) is 0 Å². The molecule has 0 unspecified atom stereocenters. The quantitative estimate of drug-likeness (QED) is 0.518. The Bertz CT molecular complexity index is 1140. The molecule has 0 saturated carbocycles. The fraction of sp³-hybridized carbons (Fsp3) is 0.143. The fourth-order valence-corrected chi connectivity index (χ4v) is 3.81. The molecule has 4 rings (SSSR count). The van der Waals surface area contributed by atoms with Crippen LogP contribution in [0.3, 0.4) is 0 Å². The standard InChI is InChI=1S/C21H17FN4O2S/c1-13-19(29-21(24-13)15-9-5-6-10-16(15)22)20(27)23-12-18-25-17(26-28-18)11-14-7-3-2-4-8-14/h2-10H,11-12H2,1H3,(H,23,27). The molecule has 146 valence electrons. The van der Waals surface area contributed by atoms with Crippen LogP contribution in [0.2, 0.25) is 0 Å². The van der Waals surface area contributed by atoms with Crippen LogP contribution in [0, 0.1) is 12.7 Å². The van der Waals surface area contributed by atoms with Crippen molar-refractivity contribution in [2.45, 2.75) is 19.9 Å². The molecule has 0 fully saturated rings. The third-order valence-corrected chi connectivity index (χ3v) is 5.41. The Balaban J connectivity index is 1.41. The molecule has 2 heterocycles. The van der Waals surface area contributed by atoms with Crippen LogP contribution >= 0.6 is 11.3 Å². The van der Waals surface area contributed by atoms with E-state index >= 15 is 0 Å². The Hall–Kier alpha value is -3.39. The first kappa shape index (κ1) is 18.9. The Morgan fingerprint density at radius 2 is 1.86 bits per heavy atom. The zero-order valence-corrected chi connectivity index (χ0v) is 16.4. The van der Waals surface area contributed by atoms with Gasteiger partial charge in [-0.15, -0.1) is 11.3 Å². The largest absolute Gasteiger partial charge is 0.342 e. The van der Waals surface area contributed by atoms with Gasteiger partial charge in [0.2, 0.25) is 5.89 Å². The van der Waals surface area contributed by atoms with Gasteiger partial charge in [-0.25, -0.2) is 9.37 Å². The van der Waals surface area contributed by atoms with Crippen LogP contribution < -0.4 is 5.32 Å². The van der Waals surface area contributed by atoms with Gasteiger partial charge in [0.05, 0.1) is 12.2 Å². The summed E-state index contributed by atoms with van der Waals surface area (Å²) < 4.78 is 19.2. The van der Waals surface area contributed by atoms with Crippen molar-refractivity contribution in [2.24, 2.45) is 0 Å². The Labute approximate surface area is 170 Å². The number of aromatic nitrogens is 3. The zero-order chi connectivity index (χ0) is 20.2. The van der Waals surface area contributed by atoms with Crippen molar-refractivity contribution in [3.63, 3.8) is 0 Å². The molecule has 0 spiro atoms. The summed E-state index contributed by atoms with van der Waals surface area (Å²) in [6.45, 7) is 1.83. The molecular weight excluding hydrogens is 391 g/mol. The first-order valence-corrected chi connectivity index (χ1v) is 9.77. The van der Waals surface area contributed by atoms with E-state index in [0.717, 1.165) is 16.9 Å². The van der Waals surface area contributed by atoms with E-state index in [1.807, 2.05) is 30.3 Å². The van der Waals surface area contributed by atoms with Gasteiger partial charge < -0.3 is 9.84 Å². The molecular formula is C21H17FN4O2S. The number of benzene rings is 2. The monoisotopic (exact) mass is 408 g/mol. The zero-order valence-electron chi connectivity index (χ0n) is 15.6. The summed E-state index contributed by atoms with van der Waals surface area (Å²) in [6, 6.07) is 16.2. The average Bonchev–Trinajstić information content (AvgIpc) is 3.34. The second-order valence-corrected chi connectivity index (χ2v) is 7.36. The molecule has 0 saturated heterocycles. The fourth-order valence-electron chi connectivity index (χ4n) is 2.81. The number of carbonyl (C=O) groups is 1. The molecule has 0 bridgehead atoms. The number of nitrogens with zero attached hydrogens (tertiary/aromatic N) is 3. The van der Waals surface area contributed by atoms with Crippen molar-refractivity contribution in [3.05, 3.63) is 88.3 Å². The van der Waals surface area contributed by atoms with Crippen LogP contribution in [0.25, 0.3) is 10.6 Å². The van der Waals surface area contributed by atoms with Gasteiger partial charge in [0.1, 0.15) is 15.7 Å². The summed E-state index contributed by atoms with van der Waals surface area (Å²) in [7, 11) is 0. The highest BCUT2D eigenvalue weighted by molar-refractivity contribution is 7.17. The number of nitrogens with one attached hydrogen (secondary N) is 1. The third-order valence-electron chi connectivity index (χ3n) is 4.22. The minimum Gasteiger partial charge on any atom is -0.342 e. The van der Waals surface area contributed by atoms with Gasteiger partial charge >= 0.3 is 0 Å². The molecule has 1 amide bonds. The lowest BCUT2D eigenvalue weighted by Gasteiger charge is -2.00. The predicted octanol–water partition coefficient (Wildman–Crippen LogP) is 4.16. The SMILES string of the molecule is Cc1nc(-c2ccccc2F)sc1C(=O)NCc1nc(Cc2ccccc2)no1. The summed E-state index contributed by atoms with van der Waals surface area (Å²) in [5.74, 6) is 0.187. The molecule has 4 aromatic rings. The second-order valence-electron chi connectivity index (χ2n) is 6.36. The van der Waals surface area contributed by atoms with E-state index in [1.165, 1.54) is 6.07 Å². The maximum Gasteiger partial charge on any atom is 0.263 e. The molecule has 0 aliphatic heterocycles. The number of aryl methyl sites for hydroxylation is 1. The van der Waals surface area contributed by atoms with E-state index < -0.39 is 0 Å². The molecule has 1 N–H and O–H groups in total. The molecule has 8 heteroatoms. The normalized spacial score (nSPS) is 10.8. The van der Waals surface area contributed by atoms with E-state index in [2.05, 4.69) is 20.4 Å². The van der Waals surface area contributed by atoms with Crippen molar-refractivity contribution in [1.29, 1.82) is 0 Å². The maximum atomic E-state index is 14.0. The highest BCUT2D eigenvalue weighted by Gasteiger charge is 2.18. The predicted molar refractivity (Wildman–Crippen MR) is 107 cm³/mol. The van der Waals surface area contributed by atoms with Crippen LogP contribution in [0.1, 0.15) is 32.6 Å². The van der Waals surface area contributed by atoms with Crippen LogP contribution in [0.15, 0.2) is 59.1 Å². The maximum absolute atomic E-state index is 14.0. The molecule has 6 nitrogen and oxygen atoms in total. The van der Waals surface area contributed by atoms with Crippen molar-refractivity contribution in [2.75, 3.05) is 0 Å². The van der Waals surface area contributed by atoms with Crippen LogP contribution in [-0.2, 0) is 13.0 Å². The number of halogens is 1. The summed E-state index contributed by atoms with van der Waals surface area (Å²) >= 11 is 1.15. The van der Waals surface area contributed by atoms with E-state index in [9.17, 15) is 9.18 Å². The van der Waals surface area contributed by atoms with Crippen LogP contribution in [-0.4, -0.2) is 21.0 Å². The molecule has 0 aliphatic rings. The van der Waals surface area contributed by atoms with E-state index in [1.54, 1.807) is 25.1 Å². The van der Waals surface area contributed by atoms with E-state index in [4.69, 9.17) is 4.52 Å². The Morgan fingerprint density at radius 1 is 1.10 bits per heavy atom. The Kier molecular flexibility index (Phi) is 5.44. The highest BCUT2D eigenvalue weighted by Crippen LogP contribution is 2.29. The van der Waals surface area contributed by atoms with Crippen molar-refractivity contribution in [3.8, 4) is 10.6 Å². The number of carbonyl (C=O) groups excluding carboxylic acids is 1. The molecule has 0 atom stereocenters. The lowest BCUT2D eigenvalue weighted by Crippen LogP contribution is -2.22. The van der Waals surface area contributed by atoms with Gasteiger partial charge in [-0.3, -0.25) is 4.79 Å². The van der Waals surface area contributed by atoms with Crippen molar-refractivity contribution >= 4 is 17.2 Å². The first-order chi connectivity index (χ1) is 14.1. The van der Waals surface area contributed by atoms with Gasteiger partial charge in [0.15, 0.2) is 5.82 Å². The summed E-state index contributed by atoms with van der Waals surface area (Å²) in [5.41, 5.74) is 1.99. The second kappa shape index (κ2) is 8.32. The minimum atomic E-state index is -0.370. The summed E-state index contributed by atoms with van der Waals surface area (Å²) in [6.07, 6.45) is 0.554. The lowest BCUT2D eigenvalue weighted by atomic mass is 10.1. The molecule has 0 aliphatic carbocycles. The molecule has 2 aromatic carbocycles. The van der Waals surface area contributed by atoms with E-state index in [-0.39, 0.29) is 18.3 Å². The van der Waals surface area contributed by atoms with Gasteiger partial charge in [0.25, 0.3) is 5.91 Å². The summed E-state index contributed by atoms with van der Waals surface area (Å²) in [5, 5.41) is 7.16. The van der Waals surface area contributed by atoms with E-state index in [0.29, 0.717) is 39.3 Å². The topological polar surface area (TPSA) is 80.9 Å². The smallest absolute Gasteiger partial charge is 0.263 e. The number of amides is 1. The molecule has 29 heavy (non-hydrogen) atoms. The number of hydrogen-bond donors (Lipinski definition) is 1.